The Labute approximate surface area is 128 Å². The Hall–Kier alpha value is -2.22. The maximum Gasteiger partial charge on any atom is 0.242 e. The van der Waals surface area contributed by atoms with E-state index in [1.807, 2.05) is 18.5 Å². The maximum atomic E-state index is 12.2. The second kappa shape index (κ2) is 5.88. The molecule has 22 heavy (non-hydrogen) atoms. The van der Waals surface area contributed by atoms with Gasteiger partial charge in [-0.05, 0) is 27.2 Å². The van der Waals surface area contributed by atoms with Crippen LogP contribution in [-0.4, -0.2) is 37.9 Å². The first-order chi connectivity index (χ1) is 10.5. The highest BCUT2D eigenvalue weighted by atomic mass is 16.5. The van der Waals surface area contributed by atoms with Gasteiger partial charge in [-0.15, -0.1) is 0 Å². The first kappa shape index (κ1) is 14.7. The molecule has 0 fully saturated rings. The molecule has 0 saturated carbocycles. The number of hydrogen-bond acceptors (Lipinski definition) is 6. The number of hydrogen-bond donors (Lipinski definition) is 2. The number of nitrogens with one attached hydrogen (secondary N) is 2. The van der Waals surface area contributed by atoms with Crippen LogP contribution in [0.3, 0.4) is 0 Å². The monoisotopic (exact) mass is 304 g/mol. The third-order valence-corrected chi connectivity index (χ3v) is 3.72. The van der Waals surface area contributed by atoms with E-state index in [9.17, 15) is 4.79 Å². The van der Waals surface area contributed by atoms with Crippen molar-refractivity contribution in [2.24, 2.45) is 0 Å². The molecule has 1 aliphatic rings. The molecule has 2 aromatic heterocycles. The number of amides is 1. The van der Waals surface area contributed by atoms with Crippen LogP contribution in [0.4, 0.5) is 5.82 Å². The molecule has 2 N–H and O–H groups in total. The van der Waals surface area contributed by atoms with Gasteiger partial charge < -0.3 is 15.2 Å². The fourth-order valence-electron chi connectivity index (χ4n) is 2.66. The smallest absolute Gasteiger partial charge is 0.242 e. The van der Waals surface area contributed by atoms with Crippen molar-refractivity contribution >= 4 is 11.7 Å². The topological polar surface area (TPSA) is 97.9 Å². The molecule has 0 unspecified atom stereocenters. The fourth-order valence-corrected chi connectivity index (χ4v) is 2.66. The highest BCUT2D eigenvalue weighted by Crippen LogP contribution is 2.14. The van der Waals surface area contributed by atoms with Crippen molar-refractivity contribution in [2.45, 2.75) is 52.2 Å². The van der Waals surface area contributed by atoms with E-state index in [0.29, 0.717) is 11.6 Å². The van der Waals surface area contributed by atoms with Crippen LogP contribution in [0.1, 0.15) is 30.8 Å². The summed E-state index contributed by atoms with van der Waals surface area (Å²) in [6.07, 6.45) is 1.81. The summed E-state index contributed by atoms with van der Waals surface area (Å²) in [5.41, 5.74) is 0. The molecule has 0 bridgehead atoms. The number of rotatable bonds is 4. The fraction of sp³-hybridized carbons (Fsp3) is 0.571. The van der Waals surface area contributed by atoms with Crippen LogP contribution in [0.25, 0.3) is 0 Å². The average molecular weight is 304 g/mol. The molecule has 8 nitrogen and oxygen atoms in total. The number of aromatic nitrogens is 4. The molecule has 0 saturated heterocycles. The Morgan fingerprint density at radius 2 is 2.32 bits per heavy atom. The number of anilines is 1. The minimum Gasteiger partial charge on any atom is -0.360 e. The van der Waals surface area contributed by atoms with Crippen LogP contribution in [0.2, 0.25) is 0 Å². The Balaban J connectivity index is 1.55. The molecule has 8 heteroatoms. The van der Waals surface area contributed by atoms with E-state index >= 15 is 0 Å². The average Bonchev–Trinajstić information content (AvgIpc) is 3.03. The second-order valence-electron chi connectivity index (χ2n) is 5.69. The van der Waals surface area contributed by atoms with Crippen LogP contribution in [0.5, 0.6) is 0 Å². The normalized spacial score (nSPS) is 18.8. The largest absolute Gasteiger partial charge is 0.360 e. The third-order valence-electron chi connectivity index (χ3n) is 3.72. The van der Waals surface area contributed by atoms with Gasteiger partial charge in [0.2, 0.25) is 5.91 Å². The van der Waals surface area contributed by atoms with E-state index in [1.165, 1.54) is 0 Å². The van der Waals surface area contributed by atoms with Gasteiger partial charge in [-0.1, -0.05) is 5.16 Å². The van der Waals surface area contributed by atoms with E-state index in [2.05, 4.69) is 25.9 Å². The number of nitrogens with zero attached hydrogens (tertiary/aromatic N) is 4. The van der Waals surface area contributed by atoms with Gasteiger partial charge in [-0.25, -0.2) is 9.67 Å². The number of fused-ring (bicyclic) bond motifs is 1. The minimum atomic E-state index is -0.326. The molecule has 2 aromatic rings. The van der Waals surface area contributed by atoms with Crippen LogP contribution < -0.4 is 10.6 Å². The van der Waals surface area contributed by atoms with E-state index < -0.39 is 0 Å². The van der Waals surface area contributed by atoms with E-state index in [4.69, 9.17) is 4.52 Å². The van der Waals surface area contributed by atoms with Crippen LogP contribution in [0.15, 0.2) is 10.6 Å². The molecule has 0 aliphatic carbocycles. The quantitative estimate of drug-likeness (QED) is 0.867. The number of carbonyl (C=O) groups excluding carboxylic acids is 1. The molecule has 2 atom stereocenters. The van der Waals surface area contributed by atoms with Crippen LogP contribution >= 0.6 is 0 Å². The van der Waals surface area contributed by atoms with Gasteiger partial charge in [-0.2, -0.15) is 5.10 Å². The van der Waals surface area contributed by atoms with Gasteiger partial charge in [-0.3, -0.25) is 4.79 Å². The lowest BCUT2D eigenvalue weighted by Gasteiger charge is -2.26. The second-order valence-corrected chi connectivity index (χ2v) is 5.69. The molecule has 0 spiro atoms. The highest BCUT2D eigenvalue weighted by Gasteiger charge is 2.24. The van der Waals surface area contributed by atoms with Gasteiger partial charge in [0.15, 0.2) is 5.82 Å². The van der Waals surface area contributed by atoms with Crippen molar-refractivity contribution in [1.82, 2.24) is 25.2 Å². The van der Waals surface area contributed by atoms with E-state index in [0.717, 1.165) is 31.0 Å². The Morgan fingerprint density at radius 1 is 1.50 bits per heavy atom. The van der Waals surface area contributed by atoms with Crippen molar-refractivity contribution in [3.63, 3.8) is 0 Å². The molecule has 1 amide bonds. The molecule has 3 rings (SSSR count). The predicted octanol–water partition coefficient (Wildman–Crippen LogP) is 0.815. The Morgan fingerprint density at radius 3 is 3.05 bits per heavy atom. The summed E-state index contributed by atoms with van der Waals surface area (Å²) >= 11 is 0. The van der Waals surface area contributed by atoms with Crippen LogP contribution in [-0.2, 0) is 17.8 Å². The van der Waals surface area contributed by atoms with Crippen LogP contribution in [0, 0.1) is 13.8 Å². The summed E-state index contributed by atoms with van der Waals surface area (Å²) in [7, 11) is 0. The summed E-state index contributed by atoms with van der Waals surface area (Å²) in [6.45, 7) is 6.25. The zero-order valence-corrected chi connectivity index (χ0v) is 13.0. The summed E-state index contributed by atoms with van der Waals surface area (Å²) in [5.74, 6) is 2.79. The highest BCUT2D eigenvalue weighted by molar-refractivity contribution is 5.93. The molecule has 0 aromatic carbocycles. The molecular formula is C14H20N6O2. The zero-order valence-electron chi connectivity index (χ0n) is 13.0. The molecule has 0 radical (unpaired) electrons. The first-order valence-electron chi connectivity index (χ1n) is 7.42. The molecule has 1 aliphatic heterocycles. The van der Waals surface area contributed by atoms with Gasteiger partial charge in [0.25, 0.3) is 0 Å². The van der Waals surface area contributed by atoms with Crippen molar-refractivity contribution in [3.8, 4) is 0 Å². The minimum absolute atomic E-state index is 0.131. The van der Waals surface area contributed by atoms with Crippen molar-refractivity contribution < 1.29 is 9.32 Å². The standard InChI is InChI=1S/C14H20N6O2/c1-8-6-12(19-22-8)17-14(21)9(2)15-11-4-5-13-16-10(3)18-20(13)7-11/h6,9,11,15H,4-5,7H2,1-3H3,(H,17,19,21)/t9-,11-/m1/s1. The lowest BCUT2D eigenvalue weighted by atomic mass is 10.1. The third kappa shape index (κ3) is 3.16. The number of carbonyl (C=O) groups is 1. The lowest BCUT2D eigenvalue weighted by Crippen LogP contribution is -2.47. The first-order valence-corrected chi connectivity index (χ1v) is 7.42. The molecular weight excluding hydrogens is 284 g/mol. The van der Waals surface area contributed by atoms with Gasteiger partial charge in [0, 0.05) is 18.5 Å². The SMILES string of the molecule is Cc1nc2n(n1)C[C@H](N[C@H](C)C(=O)Nc1cc(C)on1)CC2. The summed E-state index contributed by atoms with van der Waals surface area (Å²) in [4.78, 5) is 16.5. The molecule has 118 valence electrons. The Bertz CT molecular complexity index is 677. The van der Waals surface area contributed by atoms with E-state index in [-0.39, 0.29) is 18.0 Å². The van der Waals surface area contributed by atoms with Crippen molar-refractivity contribution in [1.29, 1.82) is 0 Å². The van der Waals surface area contributed by atoms with Gasteiger partial charge in [0.1, 0.15) is 17.4 Å². The number of aryl methyl sites for hydroxylation is 3. The summed E-state index contributed by atoms with van der Waals surface area (Å²) < 4.78 is 6.85. The lowest BCUT2D eigenvalue weighted by molar-refractivity contribution is -0.118. The van der Waals surface area contributed by atoms with Gasteiger partial charge >= 0.3 is 0 Å². The van der Waals surface area contributed by atoms with Crippen molar-refractivity contribution in [2.75, 3.05) is 5.32 Å². The van der Waals surface area contributed by atoms with Crippen molar-refractivity contribution in [3.05, 3.63) is 23.5 Å². The van der Waals surface area contributed by atoms with E-state index in [1.54, 1.807) is 13.0 Å². The predicted molar refractivity (Wildman–Crippen MR) is 79.3 cm³/mol. The Kier molecular flexibility index (Phi) is 3.93. The maximum absolute atomic E-state index is 12.2. The van der Waals surface area contributed by atoms with Gasteiger partial charge in [0.05, 0.1) is 12.6 Å². The summed E-state index contributed by atoms with van der Waals surface area (Å²) in [6, 6.07) is 1.57. The zero-order chi connectivity index (χ0) is 15.7. The molecule has 3 heterocycles. The summed E-state index contributed by atoms with van der Waals surface area (Å²) in [5, 5.41) is 14.2.